The molecule has 0 N–H and O–H groups in total. The molecule has 0 radical (unpaired) electrons. The lowest BCUT2D eigenvalue weighted by molar-refractivity contribution is -0.143. The predicted molar refractivity (Wildman–Crippen MR) is 98.5 cm³/mol. The topological polar surface area (TPSA) is 70.8 Å². The summed E-state index contributed by atoms with van der Waals surface area (Å²) in [6.45, 7) is 0.255. The highest BCUT2D eigenvalue weighted by Crippen LogP contribution is 2.37. The van der Waals surface area contributed by atoms with E-state index in [1.165, 1.54) is 6.07 Å². The minimum absolute atomic E-state index is 0.0754. The van der Waals surface area contributed by atoms with Gasteiger partial charge >= 0.3 is 18.3 Å². The molecule has 1 aliphatic heterocycles. The quantitative estimate of drug-likeness (QED) is 0.368. The van der Waals surface area contributed by atoms with Crippen molar-refractivity contribution in [3.8, 4) is 22.8 Å². The zero-order valence-electron chi connectivity index (χ0n) is 16.4. The second kappa shape index (κ2) is 8.34. The number of ether oxygens (including phenoxy) is 3. The highest BCUT2D eigenvalue weighted by molar-refractivity contribution is 5.90. The van der Waals surface area contributed by atoms with Crippen LogP contribution in [0, 0.1) is 0 Å². The molecule has 174 valence electrons. The van der Waals surface area contributed by atoms with Gasteiger partial charge in [0.2, 0.25) is 0 Å². The SMILES string of the molecule is O=C(OCc1cc(-c2ccc3c(c2)OCCO3)on1)c1cc(C(F)(F)F)cc(C(F)(F)F)c1. The van der Waals surface area contributed by atoms with Crippen LogP contribution in [0.25, 0.3) is 11.3 Å². The number of fused-ring (bicyclic) bond motifs is 1. The van der Waals surface area contributed by atoms with Crippen molar-refractivity contribution in [2.45, 2.75) is 19.0 Å². The van der Waals surface area contributed by atoms with Crippen LogP contribution in [-0.2, 0) is 23.7 Å². The van der Waals surface area contributed by atoms with Crippen LogP contribution in [0.4, 0.5) is 26.3 Å². The molecule has 2 heterocycles. The molecule has 0 amide bonds. The number of esters is 1. The molecule has 1 aromatic heterocycles. The van der Waals surface area contributed by atoms with Crippen LogP contribution in [0.15, 0.2) is 47.0 Å². The Morgan fingerprint density at radius 3 is 2.15 bits per heavy atom. The Bertz CT molecular complexity index is 1150. The fraction of sp³-hybridized carbons (Fsp3) is 0.238. The molecule has 0 saturated heterocycles. The van der Waals surface area contributed by atoms with E-state index in [1.807, 2.05) is 0 Å². The lowest BCUT2D eigenvalue weighted by Crippen LogP contribution is -2.15. The molecule has 12 heteroatoms. The molecular formula is C21H13F6NO5. The summed E-state index contributed by atoms with van der Waals surface area (Å²) in [5.41, 5.74) is -3.47. The molecule has 0 atom stereocenters. The summed E-state index contributed by atoms with van der Waals surface area (Å²) in [5, 5.41) is 3.70. The Balaban J connectivity index is 1.49. The van der Waals surface area contributed by atoms with Crippen LogP contribution >= 0.6 is 0 Å². The number of carbonyl (C=O) groups is 1. The zero-order chi connectivity index (χ0) is 23.8. The number of aromatic nitrogens is 1. The standard InChI is InChI=1S/C21H13F6NO5/c22-20(23,24)13-5-12(6-14(8-13)21(25,26)27)19(29)32-10-15-9-17(33-28-15)11-1-2-16-18(7-11)31-4-3-30-16/h1-2,5-9H,3-4,10H2. The summed E-state index contributed by atoms with van der Waals surface area (Å²) in [5.74, 6) is -0.0574. The van der Waals surface area contributed by atoms with E-state index in [9.17, 15) is 31.1 Å². The molecule has 1 aliphatic rings. The maximum absolute atomic E-state index is 13.0. The summed E-state index contributed by atoms with van der Waals surface area (Å²) in [6, 6.07) is 6.90. The highest BCUT2D eigenvalue weighted by atomic mass is 19.4. The fourth-order valence-electron chi connectivity index (χ4n) is 3.01. The van der Waals surface area contributed by atoms with Gasteiger partial charge in [-0.05, 0) is 36.4 Å². The third-order valence-corrected chi connectivity index (χ3v) is 4.56. The van der Waals surface area contributed by atoms with Crippen molar-refractivity contribution in [2.75, 3.05) is 13.2 Å². The molecule has 0 aliphatic carbocycles. The molecule has 6 nitrogen and oxygen atoms in total. The van der Waals surface area contributed by atoms with Crippen LogP contribution < -0.4 is 9.47 Å². The van der Waals surface area contributed by atoms with Crippen molar-refractivity contribution in [1.29, 1.82) is 0 Å². The van der Waals surface area contributed by atoms with E-state index in [0.29, 0.717) is 42.4 Å². The van der Waals surface area contributed by atoms with Gasteiger partial charge in [-0.2, -0.15) is 26.3 Å². The molecule has 0 unspecified atom stereocenters. The second-order valence-corrected chi connectivity index (χ2v) is 6.91. The monoisotopic (exact) mass is 473 g/mol. The van der Waals surface area contributed by atoms with Gasteiger partial charge in [-0.25, -0.2) is 4.79 Å². The summed E-state index contributed by atoms with van der Waals surface area (Å²) in [7, 11) is 0. The average Bonchev–Trinajstić information content (AvgIpc) is 3.24. The van der Waals surface area contributed by atoms with Crippen LogP contribution in [0.3, 0.4) is 0 Å². The molecule has 0 spiro atoms. The van der Waals surface area contributed by atoms with Crippen molar-refractivity contribution in [3.63, 3.8) is 0 Å². The van der Waals surface area contributed by atoms with Crippen molar-refractivity contribution in [1.82, 2.24) is 5.16 Å². The lowest BCUT2D eigenvalue weighted by Gasteiger charge is -2.18. The first kappa shape index (κ1) is 22.5. The van der Waals surface area contributed by atoms with Crippen molar-refractivity contribution in [3.05, 3.63) is 64.8 Å². The maximum atomic E-state index is 13.0. The van der Waals surface area contributed by atoms with E-state index in [0.717, 1.165) is 0 Å². The molecule has 3 aromatic rings. The molecule has 4 rings (SSSR count). The number of nitrogens with zero attached hydrogens (tertiary/aromatic N) is 1. The van der Waals surface area contributed by atoms with Crippen molar-refractivity contribution in [2.24, 2.45) is 0 Å². The Hall–Kier alpha value is -3.70. The van der Waals surface area contributed by atoms with Crippen LogP contribution in [0.1, 0.15) is 27.2 Å². The van der Waals surface area contributed by atoms with Crippen LogP contribution in [0.5, 0.6) is 11.5 Å². The first-order valence-corrected chi connectivity index (χ1v) is 9.33. The van der Waals surface area contributed by atoms with Crippen molar-refractivity contribution < 1.29 is 49.9 Å². The molecule has 0 bridgehead atoms. The van der Waals surface area contributed by atoms with E-state index < -0.39 is 41.6 Å². The number of rotatable bonds is 4. The zero-order valence-corrected chi connectivity index (χ0v) is 16.4. The summed E-state index contributed by atoms with van der Waals surface area (Å²) in [6.07, 6.45) is -10.2. The molecule has 33 heavy (non-hydrogen) atoms. The Kier molecular flexibility index (Phi) is 5.68. The largest absolute Gasteiger partial charge is 0.486 e. The molecule has 0 saturated carbocycles. The summed E-state index contributed by atoms with van der Waals surface area (Å²) in [4.78, 5) is 12.2. The van der Waals surface area contributed by atoms with Gasteiger partial charge in [0.15, 0.2) is 17.3 Å². The van der Waals surface area contributed by atoms with E-state index in [4.69, 9.17) is 18.7 Å². The van der Waals surface area contributed by atoms with Crippen LogP contribution in [0.2, 0.25) is 0 Å². The van der Waals surface area contributed by atoms with E-state index in [-0.39, 0.29) is 17.5 Å². The number of alkyl halides is 6. The first-order chi connectivity index (χ1) is 15.5. The molecular weight excluding hydrogens is 460 g/mol. The highest BCUT2D eigenvalue weighted by Gasteiger charge is 2.37. The minimum atomic E-state index is -5.08. The van der Waals surface area contributed by atoms with E-state index in [1.54, 1.807) is 18.2 Å². The van der Waals surface area contributed by atoms with Gasteiger partial charge in [-0.15, -0.1) is 0 Å². The Morgan fingerprint density at radius 1 is 0.879 bits per heavy atom. The smallest absolute Gasteiger partial charge is 0.416 e. The third-order valence-electron chi connectivity index (χ3n) is 4.56. The number of hydrogen-bond acceptors (Lipinski definition) is 6. The van der Waals surface area contributed by atoms with E-state index >= 15 is 0 Å². The average molecular weight is 473 g/mol. The van der Waals surface area contributed by atoms with Gasteiger partial charge in [0, 0.05) is 11.6 Å². The summed E-state index contributed by atoms with van der Waals surface area (Å²) < 4.78 is 98.7. The van der Waals surface area contributed by atoms with Gasteiger partial charge in [0.1, 0.15) is 25.5 Å². The van der Waals surface area contributed by atoms with Gasteiger partial charge in [-0.1, -0.05) is 5.16 Å². The van der Waals surface area contributed by atoms with Gasteiger partial charge in [0.25, 0.3) is 0 Å². The predicted octanol–water partition coefficient (Wildman–Crippen LogP) is 5.51. The number of carbonyl (C=O) groups excluding carboxylic acids is 1. The van der Waals surface area contributed by atoms with Crippen LogP contribution in [-0.4, -0.2) is 24.3 Å². The summed E-state index contributed by atoms with van der Waals surface area (Å²) >= 11 is 0. The normalized spacial score (nSPS) is 13.6. The van der Waals surface area contributed by atoms with Crippen molar-refractivity contribution >= 4 is 5.97 Å². The maximum Gasteiger partial charge on any atom is 0.416 e. The lowest BCUT2D eigenvalue weighted by atomic mass is 10.0. The third kappa shape index (κ3) is 5.04. The number of benzene rings is 2. The first-order valence-electron chi connectivity index (χ1n) is 9.33. The number of hydrogen-bond donors (Lipinski definition) is 0. The molecule has 2 aromatic carbocycles. The van der Waals surface area contributed by atoms with Gasteiger partial charge in [0.05, 0.1) is 16.7 Å². The molecule has 0 fully saturated rings. The van der Waals surface area contributed by atoms with Gasteiger partial charge in [-0.3, -0.25) is 0 Å². The second-order valence-electron chi connectivity index (χ2n) is 6.91. The van der Waals surface area contributed by atoms with Gasteiger partial charge < -0.3 is 18.7 Å². The number of halogens is 6. The van der Waals surface area contributed by atoms with E-state index in [2.05, 4.69) is 5.16 Å². The Morgan fingerprint density at radius 2 is 1.52 bits per heavy atom. The minimum Gasteiger partial charge on any atom is -0.486 e. The Labute approximate surface area is 181 Å². The fourth-order valence-corrected chi connectivity index (χ4v) is 3.01.